The molecule has 1 atom stereocenters. The number of hydrogen-bond donors (Lipinski definition) is 0. The molecule has 0 radical (unpaired) electrons. The third-order valence-corrected chi connectivity index (χ3v) is 5.69. The maximum Gasteiger partial charge on any atom is 0.257 e. The quantitative estimate of drug-likeness (QED) is 0.835. The molecule has 4 heterocycles. The highest BCUT2D eigenvalue weighted by Crippen LogP contribution is 2.36. The minimum atomic E-state index is -0.216. The molecule has 0 aliphatic carbocycles. The van der Waals surface area contributed by atoms with E-state index >= 15 is 0 Å². The summed E-state index contributed by atoms with van der Waals surface area (Å²) in [5, 5.41) is 0. The van der Waals surface area contributed by atoms with E-state index in [1.54, 1.807) is 12.3 Å². The maximum absolute atomic E-state index is 12.5. The van der Waals surface area contributed by atoms with Gasteiger partial charge in [0.1, 0.15) is 11.4 Å². The van der Waals surface area contributed by atoms with Gasteiger partial charge in [0.15, 0.2) is 0 Å². The highest BCUT2D eigenvalue weighted by molar-refractivity contribution is 5.95. The number of amides is 1. The van der Waals surface area contributed by atoms with Gasteiger partial charge in [-0.15, -0.1) is 0 Å². The molecule has 0 bridgehead atoms. The van der Waals surface area contributed by atoms with E-state index in [0.717, 1.165) is 45.5 Å². The Morgan fingerprint density at radius 3 is 2.80 bits per heavy atom. The first-order valence-electron chi connectivity index (χ1n) is 9.32. The lowest BCUT2D eigenvalue weighted by molar-refractivity contribution is -0.188. The average Bonchev–Trinajstić information content (AvgIpc) is 3.04. The lowest BCUT2D eigenvalue weighted by atomic mass is 9.84. The van der Waals surface area contributed by atoms with Gasteiger partial charge in [0, 0.05) is 32.8 Å². The second kappa shape index (κ2) is 7.09. The molecule has 0 aromatic carbocycles. The normalized spacial score (nSPS) is 26.6. The molecular formula is C19H27NO5. The number of likely N-dealkylation sites (tertiary alicyclic amines) is 1. The van der Waals surface area contributed by atoms with Crippen molar-refractivity contribution in [1.82, 2.24) is 4.90 Å². The lowest BCUT2D eigenvalue weighted by Crippen LogP contribution is -2.67. The third-order valence-electron chi connectivity index (χ3n) is 5.69. The van der Waals surface area contributed by atoms with Crippen molar-refractivity contribution in [2.24, 2.45) is 5.92 Å². The van der Waals surface area contributed by atoms with Gasteiger partial charge < -0.3 is 23.5 Å². The molecule has 3 saturated heterocycles. The Kier molecular flexibility index (Phi) is 4.84. The van der Waals surface area contributed by atoms with Crippen LogP contribution in [0, 0.1) is 12.8 Å². The van der Waals surface area contributed by atoms with Gasteiger partial charge >= 0.3 is 0 Å². The first kappa shape index (κ1) is 17.1. The van der Waals surface area contributed by atoms with E-state index < -0.39 is 0 Å². The minimum Gasteiger partial charge on any atom is -0.469 e. The van der Waals surface area contributed by atoms with Crippen LogP contribution >= 0.6 is 0 Å². The minimum absolute atomic E-state index is 0.0331. The maximum atomic E-state index is 12.5. The molecule has 0 N–H and O–H groups in total. The molecule has 1 aromatic heterocycles. The standard InChI is InChI=1S/C19H27NO5/c1-14-17(5-8-23-14)18(21)20-12-19(13-20)10-16(4-9-25-19)24-11-15-2-6-22-7-3-15/h5,8,15-16H,2-4,6-7,9-13H2,1H3/t16-/m1/s1. The van der Waals surface area contributed by atoms with E-state index in [0.29, 0.717) is 36.9 Å². The number of ether oxygens (including phenoxy) is 3. The monoisotopic (exact) mass is 349 g/mol. The Labute approximate surface area is 148 Å². The molecule has 3 fully saturated rings. The number of aryl methyl sites for hydroxylation is 1. The molecule has 0 saturated carbocycles. The van der Waals surface area contributed by atoms with Crippen LogP contribution in [0.5, 0.6) is 0 Å². The Balaban J connectivity index is 1.27. The van der Waals surface area contributed by atoms with Crippen molar-refractivity contribution in [1.29, 1.82) is 0 Å². The van der Waals surface area contributed by atoms with Crippen LogP contribution in [0.4, 0.5) is 0 Å². The first-order chi connectivity index (χ1) is 12.2. The summed E-state index contributed by atoms with van der Waals surface area (Å²) < 4.78 is 22.9. The summed E-state index contributed by atoms with van der Waals surface area (Å²) >= 11 is 0. The summed E-state index contributed by atoms with van der Waals surface area (Å²) in [7, 11) is 0. The lowest BCUT2D eigenvalue weighted by Gasteiger charge is -2.53. The highest BCUT2D eigenvalue weighted by Gasteiger charge is 2.50. The summed E-state index contributed by atoms with van der Waals surface area (Å²) in [5.41, 5.74) is 0.435. The van der Waals surface area contributed by atoms with Crippen molar-refractivity contribution < 1.29 is 23.4 Å². The number of furan rings is 1. The fourth-order valence-corrected chi connectivity index (χ4v) is 4.10. The van der Waals surface area contributed by atoms with E-state index in [9.17, 15) is 4.79 Å². The molecule has 3 aliphatic rings. The summed E-state index contributed by atoms with van der Waals surface area (Å²) in [4.78, 5) is 14.4. The molecule has 0 unspecified atom stereocenters. The van der Waals surface area contributed by atoms with Gasteiger partial charge in [-0.05, 0) is 38.2 Å². The van der Waals surface area contributed by atoms with Gasteiger partial charge in [0.05, 0.1) is 31.0 Å². The average molecular weight is 349 g/mol. The number of carbonyl (C=O) groups excluding carboxylic acids is 1. The first-order valence-corrected chi connectivity index (χ1v) is 9.32. The fraction of sp³-hybridized carbons (Fsp3) is 0.737. The van der Waals surface area contributed by atoms with Crippen molar-refractivity contribution in [3.05, 3.63) is 23.7 Å². The van der Waals surface area contributed by atoms with Gasteiger partial charge in [-0.2, -0.15) is 0 Å². The van der Waals surface area contributed by atoms with Crippen LogP contribution in [-0.4, -0.2) is 62.0 Å². The zero-order valence-corrected chi connectivity index (χ0v) is 14.9. The van der Waals surface area contributed by atoms with Crippen molar-refractivity contribution >= 4 is 5.91 Å². The fourth-order valence-electron chi connectivity index (χ4n) is 4.10. The second-order valence-electron chi connectivity index (χ2n) is 7.59. The van der Waals surface area contributed by atoms with Crippen LogP contribution in [-0.2, 0) is 14.2 Å². The number of nitrogens with zero attached hydrogens (tertiary/aromatic N) is 1. The molecule has 1 spiro atoms. The van der Waals surface area contributed by atoms with Gasteiger partial charge in [0.2, 0.25) is 0 Å². The molecule has 6 nitrogen and oxygen atoms in total. The van der Waals surface area contributed by atoms with Crippen LogP contribution in [0.2, 0.25) is 0 Å². The van der Waals surface area contributed by atoms with Crippen LogP contribution in [0.25, 0.3) is 0 Å². The number of carbonyl (C=O) groups is 1. The van der Waals surface area contributed by atoms with Crippen LogP contribution in [0.3, 0.4) is 0 Å². The van der Waals surface area contributed by atoms with Gasteiger partial charge in [0.25, 0.3) is 5.91 Å². The predicted molar refractivity (Wildman–Crippen MR) is 90.5 cm³/mol. The molecular weight excluding hydrogens is 322 g/mol. The van der Waals surface area contributed by atoms with Crippen LogP contribution in [0.1, 0.15) is 41.8 Å². The Morgan fingerprint density at radius 2 is 2.08 bits per heavy atom. The smallest absolute Gasteiger partial charge is 0.257 e. The van der Waals surface area contributed by atoms with Crippen molar-refractivity contribution in [3.8, 4) is 0 Å². The van der Waals surface area contributed by atoms with Crippen LogP contribution in [0.15, 0.2) is 16.7 Å². The van der Waals surface area contributed by atoms with E-state index in [4.69, 9.17) is 18.6 Å². The molecule has 3 aliphatic heterocycles. The van der Waals surface area contributed by atoms with Crippen molar-refractivity contribution in [3.63, 3.8) is 0 Å². The molecule has 138 valence electrons. The van der Waals surface area contributed by atoms with E-state index in [1.165, 1.54) is 0 Å². The van der Waals surface area contributed by atoms with E-state index in [2.05, 4.69) is 0 Å². The number of hydrogen-bond acceptors (Lipinski definition) is 5. The molecule has 1 aromatic rings. The molecule has 25 heavy (non-hydrogen) atoms. The zero-order valence-electron chi connectivity index (χ0n) is 14.9. The Morgan fingerprint density at radius 1 is 1.28 bits per heavy atom. The number of rotatable bonds is 4. The van der Waals surface area contributed by atoms with E-state index in [-0.39, 0.29) is 17.6 Å². The van der Waals surface area contributed by atoms with Crippen molar-refractivity contribution in [2.45, 2.75) is 44.3 Å². The summed E-state index contributed by atoms with van der Waals surface area (Å²) in [6.07, 6.45) is 5.82. The summed E-state index contributed by atoms with van der Waals surface area (Å²) in [6, 6.07) is 1.74. The van der Waals surface area contributed by atoms with Gasteiger partial charge in [-0.25, -0.2) is 0 Å². The molecule has 1 amide bonds. The largest absolute Gasteiger partial charge is 0.469 e. The highest BCUT2D eigenvalue weighted by atomic mass is 16.5. The van der Waals surface area contributed by atoms with Crippen molar-refractivity contribution in [2.75, 3.05) is 39.5 Å². The summed E-state index contributed by atoms with van der Waals surface area (Å²) in [5.74, 6) is 1.33. The second-order valence-corrected chi connectivity index (χ2v) is 7.59. The summed E-state index contributed by atoms with van der Waals surface area (Å²) in [6.45, 7) is 6.36. The Bertz CT molecular complexity index is 601. The zero-order chi connectivity index (χ0) is 17.3. The van der Waals surface area contributed by atoms with E-state index in [1.807, 2.05) is 11.8 Å². The Hall–Kier alpha value is -1.37. The molecule has 4 rings (SSSR count). The SMILES string of the molecule is Cc1occc1C(=O)N1CC2(C[C@H](OCC3CCOCC3)CCO2)C1. The van der Waals surface area contributed by atoms with Gasteiger partial charge in [-0.3, -0.25) is 4.79 Å². The third kappa shape index (κ3) is 3.61. The van der Waals surface area contributed by atoms with Gasteiger partial charge in [-0.1, -0.05) is 0 Å². The topological polar surface area (TPSA) is 61.1 Å². The molecule has 6 heteroatoms. The van der Waals surface area contributed by atoms with Crippen LogP contribution < -0.4 is 0 Å². The predicted octanol–water partition coefficient (Wildman–Crippen LogP) is 2.40.